The first-order valence-corrected chi connectivity index (χ1v) is 11.3. The highest BCUT2D eigenvalue weighted by atomic mass is 32.2. The van der Waals surface area contributed by atoms with Gasteiger partial charge in [0.05, 0.1) is 11.6 Å². The minimum Gasteiger partial charge on any atom is -0.493 e. The first-order valence-electron chi connectivity index (χ1n) is 8.84. The van der Waals surface area contributed by atoms with Gasteiger partial charge in [0, 0.05) is 25.0 Å². The average molecular weight is 393 g/mol. The lowest BCUT2D eigenvalue weighted by atomic mass is 10.2. The van der Waals surface area contributed by atoms with Crippen LogP contribution in [0.1, 0.15) is 24.8 Å². The molecule has 0 N–H and O–H groups in total. The van der Waals surface area contributed by atoms with Crippen molar-refractivity contribution < 1.29 is 13.2 Å². The van der Waals surface area contributed by atoms with Crippen molar-refractivity contribution in [1.29, 1.82) is 0 Å². The number of sulfonamides is 1. The zero-order valence-electron chi connectivity index (χ0n) is 14.9. The van der Waals surface area contributed by atoms with Crippen LogP contribution in [0, 0.1) is 6.92 Å². The molecule has 1 saturated heterocycles. The van der Waals surface area contributed by atoms with Gasteiger partial charge in [0.15, 0.2) is 0 Å². The summed E-state index contributed by atoms with van der Waals surface area (Å²) < 4.78 is 32.5. The Labute approximate surface area is 159 Å². The summed E-state index contributed by atoms with van der Waals surface area (Å²) in [6, 6.07) is 11.4. The van der Waals surface area contributed by atoms with Gasteiger partial charge in [-0.05, 0) is 44.0 Å². The van der Waals surface area contributed by atoms with Gasteiger partial charge >= 0.3 is 0 Å². The summed E-state index contributed by atoms with van der Waals surface area (Å²) >= 11 is 1.55. The third kappa shape index (κ3) is 4.99. The van der Waals surface area contributed by atoms with Gasteiger partial charge in [0.1, 0.15) is 10.6 Å². The molecule has 1 aliphatic heterocycles. The van der Waals surface area contributed by atoms with Crippen LogP contribution in [0.2, 0.25) is 0 Å². The molecule has 26 heavy (non-hydrogen) atoms. The summed E-state index contributed by atoms with van der Waals surface area (Å²) in [6.07, 6.45) is 4.43. The molecule has 0 amide bonds. The quantitative estimate of drug-likeness (QED) is 0.531. The van der Waals surface area contributed by atoms with Crippen LogP contribution >= 0.6 is 11.8 Å². The van der Waals surface area contributed by atoms with E-state index in [1.54, 1.807) is 28.2 Å². The van der Waals surface area contributed by atoms with Crippen molar-refractivity contribution in [2.75, 3.05) is 25.4 Å². The maximum absolute atomic E-state index is 12.6. The number of hydrogen-bond acceptors (Lipinski definition) is 5. The molecule has 1 aromatic heterocycles. The summed E-state index contributed by atoms with van der Waals surface area (Å²) in [4.78, 5) is 4.57. The Morgan fingerprint density at radius 3 is 2.46 bits per heavy atom. The predicted molar refractivity (Wildman–Crippen MR) is 104 cm³/mol. The number of thioether (sulfide) groups is 1. The first kappa shape index (κ1) is 19.2. The largest absolute Gasteiger partial charge is 0.493 e. The van der Waals surface area contributed by atoms with Gasteiger partial charge in [-0.25, -0.2) is 13.4 Å². The highest BCUT2D eigenvalue weighted by Crippen LogP contribution is 2.22. The summed E-state index contributed by atoms with van der Waals surface area (Å²) in [5, 5.41) is 0.801. The third-order valence-electron chi connectivity index (χ3n) is 4.29. The molecule has 3 rings (SSSR count). The lowest BCUT2D eigenvalue weighted by molar-refractivity contribution is 0.344. The lowest BCUT2D eigenvalue weighted by Crippen LogP contribution is -2.35. The van der Waals surface area contributed by atoms with Crippen LogP contribution in [0.25, 0.3) is 0 Å². The number of benzene rings is 1. The Hall–Kier alpha value is -1.57. The van der Waals surface area contributed by atoms with Crippen molar-refractivity contribution in [3.8, 4) is 5.75 Å². The van der Waals surface area contributed by atoms with E-state index in [4.69, 9.17) is 4.74 Å². The number of piperidine rings is 1. The highest BCUT2D eigenvalue weighted by Gasteiger charge is 2.26. The van der Waals surface area contributed by atoms with E-state index in [1.807, 2.05) is 31.2 Å². The highest BCUT2D eigenvalue weighted by molar-refractivity contribution is 7.99. The van der Waals surface area contributed by atoms with Crippen LogP contribution in [0.5, 0.6) is 5.75 Å². The second-order valence-corrected chi connectivity index (χ2v) is 9.36. The predicted octanol–water partition coefficient (Wildman–Crippen LogP) is 3.74. The van der Waals surface area contributed by atoms with Gasteiger partial charge in [-0.2, -0.15) is 4.31 Å². The maximum Gasteiger partial charge on any atom is 0.244 e. The molecular weight excluding hydrogens is 368 g/mol. The molecule has 1 fully saturated rings. The molecule has 140 valence electrons. The molecule has 5 nitrogen and oxygen atoms in total. The van der Waals surface area contributed by atoms with Gasteiger partial charge < -0.3 is 4.74 Å². The van der Waals surface area contributed by atoms with Crippen LogP contribution in [-0.2, 0) is 10.0 Å². The van der Waals surface area contributed by atoms with E-state index < -0.39 is 10.0 Å². The van der Waals surface area contributed by atoms with Gasteiger partial charge in [0.2, 0.25) is 10.0 Å². The zero-order valence-corrected chi connectivity index (χ0v) is 16.6. The van der Waals surface area contributed by atoms with Crippen LogP contribution < -0.4 is 4.74 Å². The minimum absolute atomic E-state index is 0.277. The van der Waals surface area contributed by atoms with Gasteiger partial charge in [0.25, 0.3) is 0 Å². The van der Waals surface area contributed by atoms with Crippen LogP contribution in [-0.4, -0.2) is 43.2 Å². The Bertz CT molecular complexity index is 800. The van der Waals surface area contributed by atoms with E-state index in [0.717, 1.165) is 35.8 Å². The maximum atomic E-state index is 12.6. The van der Waals surface area contributed by atoms with Gasteiger partial charge in [-0.15, -0.1) is 11.8 Å². The number of hydrogen-bond donors (Lipinski definition) is 0. The summed E-state index contributed by atoms with van der Waals surface area (Å²) in [7, 11) is -3.41. The fourth-order valence-electron chi connectivity index (χ4n) is 2.80. The number of aromatic nitrogens is 1. The van der Waals surface area contributed by atoms with Crippen LogP contribution in [0.3, 0.4) is 0 Å². The van der Waals surface area contributed by atoms with E-state index in [-0.39, 0.29) is 4.90 Å². The Kier molecular flexibility index (Phi) is 6.56. The molecule has 2 aromatic rings. The van der Waals surface area contributed by atoms with Crippen molar-refractivity contribution in [3.05, 3.63) is 48.2 Å². The normalized spacial score (nSPS) is 15.7. The van der Waals surface area contributed by atoms with Gasteiger partial charge in [-0.3, -0.25) is 0 Å². The number of nitrogens with zero attached hydrogens (tertiary/aromatic N) is 2. The topological polar surface area (TPSA) is 59.5 Å². The Morgan fingerprint density at radius 2 is 1.81 bits per heavy atom. The number of rotatable bonds is 7. The van der Waals surface area contributed by atoms with Gasteiger partial charge in [-0.1, -0.05) is 24.1 Å². The molecule has 0 atom stereocenters. The Balaban J connectivity index is 1.50. The van der Waals surface area contributed by atoms with Crippen molar-refractivity contribution in [3.63, 3.8) is 0 Å². The smallest absolute Gasteiger partial charge is 0.244 e. The summed E-state index contributed by atoms with van der Waals surface area (Å²) in [6.45, 7) is 3.83. The molecule has 0 bridgehead atoms. The number of aryl methyl sites for hydroxylation is 1. The molecule has 0 saturated carbocycles. The molecule has 1 aliphatic rings. The molecule has 1 aromatic carbocycles. The fourth-order valence-corrected chi connectivity index (χ4v) is 4.93. The molecule has 0 spiro atoms. The van der Waals surface area contributed by atoms with Crippen molar-refractivity contribution in [2.24, 2.45) is 0 Å². The number of ether oxygens (including phenoxy) is 1. The van der Waals surface area contributed by atoms with E-state index in [2.05, 4.69) is 4.98 Å². The van der Waals surface area contributed by atoms with E-state index in [0.29, 0.717) is 19.7 Å². The monoisotopic (exact) mass is 392 g/mol. The van der Waals surface area contributed by atoms with E-state index in [1.165, 1.54) is 11.8 Å². The minimum atomic E-state index is -3.41. The third-order valence-corrected chi connectivity index (χ3v) is 7.08. The lowest BCUT2D eigenvalue weighted by Gasteiger charge is -2.25. The molecule has 2 heterocycles. The SMILES string of the molecule is Cc1ccc(OCCSc2ccc(S(=O)(=O)N3CCCCC3)cn2)cc1. The summed E-state index contributed by atoms with van der Waals surface area (Å²) in [5.41, 5.74) is 1.20. The fraction of sp³-hybridized carbons (Fsp3) is 0.421. The second kappa shape index (κ2) is 8.88. The van der Waals surface area contributed by atoms with E-state index in [9.17, 15) is 8.42 Å². The van der Waals surface area contributed by atoms with Crippen molar-refractivity contribution in [1.82, 2.24) is 9.29 Å². The molecular formula is C19H24N2O3S2. The molecule has 0 radical (unpaired) electrons. The average Bonchev–Trinajstić information content (AvgIpc) is 2.68. The standard InChI is InChI=1S/C19H24N2O3S2/c1-16-5-7-17(8-6-16)24-13-14-25-19-10-9-18(15-20-19)26(22,23)21-11-3-2-4-12-21/h5-10,15H,2-4,11-14H2,1H3. The Morgan fingerprint density at radius 1 is 1.08 bits per heavy atom. The number of pyridine rings is 1. The van der Waals surface area contributed by atoms with Crippen molar-refractivity contribution in [2.45, 2.75) is 36.1 Å². The zero-order chi connectivity index (χ0) is 18.4. The summed E-state index contributed by atoms with van der Waals surface area (Å²) in [5.74, 6) is 1.60. The molecule has 0 unspecified atom stereocenters. The van der Waals surface area contributed by atoms with Crippen LogP contribution in [0.4, 0.5) is 0 Å². The second-order valence-electron chi connectivity index (χ2n) is 6.31. The molecule has 7 heteroatoms. The molecule has 0 aliphatic carbocycles. The van der Waals surface area contributed by atoms with E-state index >= 15 is 0 Å². The van der Waals surface area contributed by atoms with Crippen LogP contribution in [0.15, 0.2) is 52.5 Å². The first-order chi connectivity index (χ1) is 12.6. The van der Waals surface area contributed by atoms with Crippen molar-refractivity contribution >= 4 is 21.8 Å².